The Hall–Kier alpha value is -2.38. The molecule has 154 valence electrons. The second kappa shape index (κ2) is 8.55. The molecule has 6 nitrogen and oxygen atoms in total. The molecule has 1 amide bonds. The van der Waals surface area contributed by atoms with Gasteiger partial charge in [-0.1, -0.05) is 54.6 Å². The largest absolute Gasteiger partial charge is 0.445 e. The highest BCUT2D eigenvalue weighted by Gasteiger charge is 2.36. The van der Waals surface area contributed by atoms with E-state index in [1.54, 1.807) is 0 Å². The third-order valence-corrected chi connectivity index (χ3v) is 7.60. The van der Waals surface area contributed by atoms with Crippen LogP contribution in [0.2, 0.25) is 0 Å². The zero-order valence-electron chi connectivity index (χ0n) is 16.3. The summed E-state index contributed by atoms with van der Waals surface area (Å²) in [5.41, 5.74) is 3.17. The smallest absolute Gasteiger partial charge is 0.410 e. The number of ether oxygens (including phenoxy) is 1. The van der Waals surface area contributed by atoms with Gasteiger partial charge in [-0.15, -0.1) is 0 Å². The highest BCUT2D eigenvalue weighted by atomic mass is 32.2. The number of amides is 1. The molecule has 0 spiro atoms. The first-order valence-electron chi connectivity index (χ1n) is 10.1. The average Bonchev–Trinajstić information content (AvgIpc) is 3.15. The molecule has 2 aromatic carbocycles. The van der Waals surface area contributed by atoms with E-state index in [1.165, 1.54) is 10.5 Å². The number of rotatable bonds is 5. The number of nitrogens with one attached hydrogen (secondary N) is 1. The molecule has 0 saturated carbocycles. The highest BCUT2D eigenvalue weighted by molar-refractivity contribution is 7.90. The van der Waals surface area contributed by atoms with Crippen molar-refractivity contribution in [3.8, 4) is 0 Å². The van der Waals surface area contributed by atoms with Crippen LogP contribution in [0.5, 0.6) is 0 Å². The minimum Gasteiger partial charge on any atom is -0.445 e. The zero-order chi connectivity index (χ0) is 20.3. The molecule has 2 aromatic rings. The summed E-state index contributed by atoms with van der Waals surface area (Å²) < 4.78 is 34.3. The summed E-state index contributed by atoms with van der Waals surface area (Å²) in [7, 11) is -3.54. The number of nitrogens with zero attached hydrogens (tertiary/aromatic N) is 1. The lowest BCUT2D eigenvalue weighted by Gasteiger charge is -2.32. The van der Waals surface area contributed by atoms with E-state index in [0.29, 0.717) is 19.4 Å². The Bertz CT molecular complexity index is 962. The van der Waals surface area contributed by atoms with Crippen molar-refractivity contribution in [3.63, 3.8) is 0 Å². The molecule has 7 heteroatoms. The van der Waals surface area contributed by atoms with Gasteiger partial charge >= 0.3 is 6.09 Å². The number of hydrogen-bond donors (Lipinski definition) is 1. The molecule has 1 saturated heterocycles. The Morgan fingerprint density at radius 2 is 1.83 bits per heavy atom. The third-order valence-electron chi connectivity index (χ3n) is 5.72. The van der Waals surface area contributed by atoms with Crippen LogP contribution in [-0.2, 0) is 27.8 Å². The lowest BCUT2D eigenvalue weighted by atomic mass is 10.1. The quantitative estimate of drug-likeness (QED) is 0.814. The third kappa shape index (κ3) is 4.62. The van der Waals surface area contributed by atoms with Crippen LogP contribution in [0.1, 0.15) is 42.0 Å². The second-order valence-corrected chi connectivity index (χ2v) is 9.70. The fourth-order valence-electron chi connectivity index (χ4n) is 4.14. The first kappa shape index (κ1) is 19.9. The van der Waals surface area contributed by atoms with Gasteiger partial charge < -0.3 is 9.64 Å². The van der Waals surface area contributed by atoms with Crippen LogP contribution in [-0.4, -0.2) is 37.8 Å². The molecule has 1 fully saturated rings. The molecule has 2 atom stereocenters. The number of fused-ring (bicyclic) bond motifs is 1. The van der Waals surface area contributed by atoms with E-state index in [-0.39, 0.29) is 19.2 Å². The number of carbonyl (C=O) groups is 1. The van der Waals surface area contributed by atoms with Crippen LogP contribution in [0.25, 0.3) is 0 Å². The predicted molar refractivity (Wildman–Crippen MR) is 111 cm³/mol. The second-order valence-electron chi connectivity index (χ2n) is 7.70. The average molecular weight is 415 g/mol. The maximum atomic E-state index is 13.0. The number of carbonyl (C=O) groups excluding carboxylic acids is 1. The lowest BCUT2D eigenvalue weighted by Crippen LogP contribution is -2.48. The van der Waals surface area contributed by atoms with E-state index >= 15 is 0 Å². The molecule has 1 aliphatic heterocycles. The van der Waals surface area contributed by atoms with Gasteiger partial charge in [0.1, 0.15) is 6.61 Å². The van der Waals surface area contributed by atoms with Crippen LogP contribution < -0.4 is 4.72 Å². The fourth-order valence-corrected chi connectivity index (χ4v) is 5.83. The van der Waals surface area contributed by atoms with Crippen molar-refractivity contribution in [2.75, 3.05) is 13.1 Å². The van der Waals surface area contributed by atoms with E-state index in [4.69, 9.17) is 4.74 Å². The van der Waals surface area contributed by atoms with Crippen molar-refractivity contribution in [1.29, 1.82) is 0 Å². The Morgan fingerprint density at radius 3 is 2.66 bits per heavy atom. The first-order chi connectivity index (χ1) is 14.0. The molecular formula is C22H26N2O4S. The van der Waals surface area contributed by atoms with Crippen LogP contribution >= 0.6 is 0 Å². The minimum atomic E-state index is -3.54. The monoisotopic (exact) mass is 414 g/mol. The molecule has 29 heavy (non-hydrogen) atoms. The molecule has 1 aliphatic carbocycles. The van der Waals surface area contributed by atoms with Gasteiger partial charge in [0.2, 0.25) is 10.0 Å². The zero-order valence-corrected chi connectivity index (χ0v) is 17.1. The summed E-state index contributed by atoms with van der Waals surface area (Å²) in [6, 6.07) is 17.2. The molecular weight excluding hydrogens is 388 g/mol. The van der Waals surface area contributed by atoms with E-state index in [2.05, 4.69) is 10.8 Å². The highest BCUT2D eigenvalue weighted by Crippen LogP contribution is 2.32. The molecule has 1 heterocycles. The van der Waals surface area contributed by atoms with E-state index in [9.17, 15) is 13.2 Å². The van der Waals surface area contributed by atoms with Crippen molar-refractivity contribution in [3.05, 3.63) is 71.3 Å². The van der Waals surface area contributed by atoms with Gasteiger partial charge in [0.15, 0.2) is 0 Å². The number of hydrogen-bond acceptors (Lipinski definition) is 4. The van der Waals surface area contributed by atoms with Gasteiger partial charge in [-0.05, 0) is 42.4 Å². The van der Waals surface area contributed by atoms with Gasteiger partial charge in [-0.25, -0.2) is 17.9 Å². The Kier molecular flexibility index (Phi) is 5.87. The maximum absolute atomic E-state index is 13.0. The van der Waals surface area contributed by atoms with Crippen LogP contribution in [0, 0.1) is 0 Å². The van der Waals surface area contributed by atoms with Crippen LogP contribution in [0.15, 0.2) is 54.6 Å². The molecule has 0 bridgehead atoms. The molecule has 0 aromatic heterocycles. The summed E-state index contributed by atoms with van der Waals surface area (Å²) >= 11 is 0. The van der Waals surface area contributed by atoms with Gasteiger partial charge in [0, 0.05) is 19.1 Å². The van der Waals surface area contributed by atoms with E-state index in [1.807, 2.05) is 48.5 Å². The van der Waals surface area contributed by atoms with Gasteiger partial charge in [0.25, 0.3) is 0 Å². The fraction of sp³-hybridized carbons (Fsp3) is 0.409. The SMILES string of the molecule is O=C(OCc1ccccc1)N1CCC[C@H](S(=O)(=O)N[C@H]2CCc3ccccc32)C1. The minimum absolute atomic E-state index is 0.164. The summed E-state index contributed by atoms with van der Waals surface area (Å²) in [5, 5.41) is -0.617. The number of likely N-dealkylation sites (tertiary alicyclic amines) is 1. The van der Waals surface area contributed by atoms with E-state index < -0.39 is 21.4 Å². The molecule has 2 aliphatic rings. The molecule has 4 rings (SSSR count). The summed E-state index contributed by atoms with van der Waals surface area (Å²) in [4.78, 5) is 14.0. The Labute approximate surface area is 171 Å². The number of aryl methyl sites for hydroxylation is 1. The van der Waals surface area contributed by atoms with Crippen molar-refractivity contribution in [2.45, 2.75) is 43.6 Å². The van der Waals surface area contributed by atoms with Crippen LogP contribution in [0.3, 0.4) is 0 Å². The van der Waals surface area contributed by atoms with Crippen molar-refractivity contribution >= 4 is 16.1 Å². The summed E-state index contributed by atoms with van der Waals surface area (Å²) in [6.45, 7) is 0.869. The standard InChI is InChI=1S/C22H26N2O4S/c25-22(28-16-17-7-2-1-3-8-17)24-14-6-10-19(15-24)29(26,27)23-21-13-12-18-9-4-5-11-20(18)21/h1-5,7-9,11,19,21,23H,6,10,12-16H2/t19-,21-/m0/s1. The number of piperidine rings is 1. The van der Waals surface area contributed by atoms with E-state index in [0.717, 1.165) is 24.0 Å². The van der Waals surface area contributed by atoms with Crippen molar-refractivity contribution < 1.29 is 17.9 Å². The molecule has 0 radical (unpaired) electrons. The maximum Gasteiger partial charge on any atom is 0.410 e. The van der Waals surface area contributed by atoms with Gasteiger partial charge in [-0.2, -0.15) is 0 Å². The van der Waals surface area contributed by atoms with Crippen molar-refractivity contribution in [1.82, 2.24) is 9.62 Å². The Balaban J connectivity index is 1.36. The normalized spacial score (nSPS) is 21.6. The topological polar surface area (TPSA) is 75.7 Å². The van der Waals surface area contributed by atoms with Crippen molar-refractivity contribution in [2.24, 2.45) is 0 Å². The predicted octanol–water partition coefficient (Wildman–Crippen LogP) is 3.39. The molecule has 0 unspecified atom stereocenters. The number of sulfonamides is 1. The van der Waals surface area contributed by atoms with Gasteiger partial charge in [0.05, 0.1) is 5.25 Å². The first-order valence-corrected chi connectivity index (χ1v) is 11.6. The summed E-state index contributed by atoms with van der Waals surface area (Å²) in [5.74, 6) is 0. The van der Waals surface area contributed by atoms with Crippen LogP contribution in [0.4, 0.5) is 4.79 Å². The lowest BCUT2D eigenvalue weighted by molar-refractivity contribution is 0.0899. The molecule has 1 N–H and O–H groups in total. The Morgan fingerprint density at radius 1 is 1.07 bits per heavy atom. The number of benzene rings is 2. The van der Waals surface area contributed by atoms with Gasteiger partial charge in [-0.3, -0.25) is 0 Å². The summed E-state index contributed by atoms with van der Waals surface area (Å²) in [6.07, 6.45) is 2.39.